The molecule has 162 valence electrons. The molecule has 1 aliphatic rings. The highest BCUT2D eigenvalue weighted by Crippen LogP contribution is 2.28. The van der Waals surface area contributed by atoms with E-state index in [4.69, 9.17) is 9.47 Å². The van der Waals surface area contributed by atoms with Crippen LogP contribution in [0.4, 0.5) is 0 Å². The zero-order valence-electron chi connectivity index (χ0n) is 17.7. The number of ether oxygens (including phenoxy) is 2. The van der Waals surface area contributed by atoms with Gasteiger partial charge in [-0.15, -0.1) is 11.3 Å². The van der Waals surface area contributed by atoms with Gasteiger partial charge in [0, 0.05) is 11.1 Å². The summed E-state index contributed by atoms with van der Waals surface area (Å²) in [4.78, 5) is 36.0. The summed E-state index contributed by atoms with van der Waals surface area (Å²) in [6, 6.07) is 9.47. The van der Waals surface area contributed by atoms with Gasteiger partial charge in [-0.3, -0.25) is 14.2 Å². The molecule has 0 saturated heterocycles. The number of hydrogen-bond donors (Lipinski definition) is 1. The smallest absolute Gasteiger partial charge is 0.296 e. The Morgan fingerprint density at radius 1 is 1.32 bits per heavy atom. The Bertz CT molecular complexity index is 1150. The summed E-state index contributed by atoms with van der Waals surface area (Å²) < 4.78 is 13.2. The summed E-state index contributed by atoms with van der Waals surface area (Å²) in [5.74, 6) is -0.117. The lowest BCUT2D eigenvalue weighted by atomic mass is 10.1. The highest BCUT2D eigenvalue weighted by molar-refractivity contribution is 7.11. The average molecular weight is 441 g/mol. The summed E-state index contributed by atoms with van der Waals surface area (Å²) in [5, 5.41) is 3.75. The molecule has 3 heterocycles. The lowest BCUT2D eigenvalue weighted by Crippen LogP contribution is -2.43. The van der Waals surface area contributed by atoms with Gasteiger partial charge in [-0.2, -0.15) is 0 Å². The number of amides is 1. The number of hydrogen-bond acceptors (Lipinski definition) is 7. The van der Waals surface area contributed by atoms with Crippen molar-refractivity contribution in [3.05, 3.63) is 73.8 Å². The predicted molar refractivity (Wildman–Crippen MR) is 116 cm³/mol. The molecule has 0 aliphatic carbocycles. The van der Waals surface area contributed by atoms with E-state index >= 15 is 0 Å². The minimum absolute atomic E-state index is 0.0352. The summed E-state index contributed by atoms with van der Waals surface area (Å²) in [5.41, 5.74) is -0.318. The van der Waals surface area contributed by atoms with E-state index in [9.17, 15) is 9.59 Å². The molecule has 9 heteroatoms. The maximum absolute atomic E-state index is 13.3. The Hall–Kier alpha value is -3.04. The van der Waals surface area contributed by atoms with Crippen LogP contribution in [0, 0.1) is 6.92 Å². The van der Waals surface area contributed by atoms with Crippen LogP contribution in [0.2, 0.25) is 0 Å². The standard InChI is InChI=1S/C22H24N4O4S/c1-14-23-11-16(31-14)12-24-19(27)17-18(29-13-15-7-5-4-6-8-15)20(28)26-9-10-30-22(2,3)21(26)25-17/h4-8,11H,9-10,12-13H2,1-3H3,(H,24,27). The van der Waals surface area contributed by atoms with Gasteiger partial charge in [-0.05, 0) is 26.3 Å². The van der Waals surface area contributed by atoms with Gasteiger partial charge in [-0.25, -0.2) is 9.97 Å². The SMILES string of the molecule is Cc1ncc(CNC(=O)c2nc3n(c(=O)c2OCc2ccccc2)CCOC3(C)C)s1. The molecule has 4 rings (SSSR count). The van der Waals surface area contributed by atoms with E-state index < -0.39 is 11.5 Å². The van der Waals surface area contributed by atoms with Crippen LogP contribution in [0.1, 0.15) is 45.6 Å². The fourth-order valence-electron chi connectivity index (χ4n) is 3.41. The number of rotatable bonds is 6. The molecule has 0 fully saturated rings. The molecule has 0 spiro atoms. The summed E-state index contributed by atoms with van der Waals surface area (Å²) in [7, 11) is 0. The van der Waals surface area contributed by atoms with Crippen LogP contribution in [-0.2, 0) is 30.0 Å². The van der Waals surface area contributed by atoms with Crippen LogP contribution in [-0.4, -0.2) is 27.0 Å². The molecular formula is C22H24N4O4S. The number of thiazole rings is 1. The summed E-state index contributed by atoms with van der Waals surface area (Å²) in [6.07, 6.45) is 1.72. The van der Waals surface area contributed by atoms with Crippen molar-refractivity contribution >= 4 is 17.2 Å². The van der Waals surface area contributed by atoms with Gasteiger partial charge in [0.05, 0.1) is 24.7 Å². The van der Waals surface area contributed by atoms with Crippen LogP contribution < -0.4 is 15.6 Å². The van der Waals surface area contributed by atoms with Gasteiger partial charge in [0.2, 0.25) is 5.75 Å². The van der Waals surface area contributed by atoms with Crippen LogP contribution in [0.3, 0.4) is 0 Å². The Morgan fingerprint density at radius 3 is 2.81 bits per heavy atom. The third kappa shape index (κ3) is 4.52. The first kappa shape index (κ1) is 21.2. The molecule has 3 aromatic rings. The van der Waals surface area contributed by atoms with Gasteiger partial charge < -0.3 is 14.8 Å². The molecule has 0 saturated carbocycles. The van der Waals surface area contributed by atoms with Crippen molar-refractivity contribution in [1.29, 1.82) is 0 Å². The molecule has 8 nitrogen and oxygen atoms in total. The van der Waals surface area contributed by atoms with E-state index in [1.807, 2.05) is 51.1 Å². The van der Waals surface area contributed by atoms with Crippen LogP contribution in [0.25, 0.3) is 0 Å². The molecule has 1 aromatic carbocycles. The molecule has 1 aliphatic heterocycles. The van der Waals surface area contributed by atoms with Gasteiger partial charge in [0.1, 0.15) is 18.0 Å². The third-order valence-electron chi connectivity index (χ3n) is 4.98. The maximum Gasteiger partial charge on any atom is 0.296 e. The number of carbonyl (C=O) groups is 1. The van der Waals surface area contributed by atoms with E-state index in [0.29, 0.717) is 25.5 Å². The highest BCUT2D eigenvalue weighted by Gasteiger charge is 2.34. The first-order valence-corrected chi connectivity index (χ1v) is 10.8. The molecule has 1 amide bonds. The number of fused-ring (bicyclic) bond motifs is 1. The molecule has 0 bridgehead atoms. The van der Waals surface area contributed by atoms with Gasteiger partial charge >= 0.3 is 0 Å². The highest BCUT2D eigenvalue weighted by atomic mass is 32.1. The molecule has 1 N–H and O–H groups in total. The second kappa shape index (κ2) is 8.60. The normalized spacial score (nSPS) is 14.7. The van der Waals surface area contributed by atoms with Crippen molar-refractivity contribution < 1.29 is 14.3 Å². The van der Waals surface area contributed by atoms with Gasteiger partial charge in [-0.1, -0.05) is 30.3 Å². The monoisotopic (exact) mass is 440 g/mol. The lowest BCUT2D eigenvalue weighted by molar-refractivity contribution is -0.0567. The van der Waals surface area contributed by atoms with E-state index in [0.717, 1.165) is 15.4 Å². The lowest BCUT2D eigenvalue weighted by Gasteiger charge is -2.32. The van der Waals surface area contributed by atoms with Crippen molar-refractivity contribution in [1.82, 2.24) is 19.9 Å². The number of carbonyl (C=O) groups excluding carboxylic acids is 1. The zero-order chi connectivity index (χ0) is 22.0. The third-order valence-corrected chi connectivity index (χ3v) is 5.89. The molecule has 2 aromatic heterocycles. The average Bonchev–Trinajstić information content (AvgIpc) is 3.17. The fraction of sp³-hybridized carbons (Fsp3) is 0.364. The van der Waals surface area contributed by atoms with Crippen molar-refractivity contribution in [2.75, 3.05) is 6.61 Å². The predicted octanol–water partition coefficient (Wildman–Crippen LogP) is 2.78. The topological polar surface area (TPSA) is 95.3 Å². The largest absolute Gasteiger partial charge is 0.481 e. The number of aromatic nitrogens is 3. The van der Waals surface area contributed by atoms with E-state index in [1.165, 1.54) is 15.9 Å². The van der Waals surface area contributed by atoms with Crippen molar-refractivity contribution in [3.63, 3.8) is 0 Å². The second-order valence-corrected chi connectivity index (χ2v) is 9.05. The number of benzene rings is 1. The Morgan fingerprint density at radius 2 is 2.10 bits per heavy atom. The molecule has 0 unspecified atom stereocenters. The number of nitrogens with zero attached hydrogens (tertiary/aromatic N) is 3. The fourth-order valence-corrected chi connectivity index (χ4v) is 4.15. The quantitative estimate of drug-likeness (QED) is 0.633. The minimum Gasteiger partial charge on any atom is -0.481 e. The number of nitrogens with one attached hydrogen (secondary N) is 1. The van der Waals surface area contributed by atoms with Crippen molar-refractivity contribution in [2.45, 2.75) is 46.1 Å². The van der Waals surface area contributed by atoms with Crippen LogP contribution in [0.15, 0.2) is 41.3 Å². The van der Waals surface area contributed by atoms with Gasteiger partial charge in [0.25, 0.3) is 11.5 Å². The first-order chi connectivity index (χ1) is 14.8. The first-order valence-electron chi connectivity index (χ1n) is 10.0. The van der Waals surface area contributed by atoms with Gasteiger partial charge in [0.15, 0.2) is 5.69 Å². The Balaban J connectivity index is 1.69. The van der Waals surface area contributed by atoms with Crippen LogP contribution >= 0.6 is 11.3 Å². The molecule has 0 radical (unpaired) electrons. The van der Waals surface area contributed by atoms with E-state index in [2.05, 4.69) is 15.3 Å². The minimum atomic E-state index is -0.792. The van der Waals surface area contributed by atoms with Crippen molar-refractivity contribution in [3.8, 4) is 5.75 Å². The summed E-state index contributed by atoms with van der Waals surface area (Å²) >= 11 is 1.50. The second-order valence-electron chi connectivity index (χ2n) is 7.73. The molecule has 31 heavy (non-hydrogen) atoms. The zero-order valence-corrected chi connectivity index (χ0v) is 18.5. The van der Waals surface area contributed by atoms with E-state index in [1.54, 1.807) is 6.20 Å². The molecule has 0 atom stereocenters. The Kier molecular flexibility index (Phi) is 5.88. The summed E-state index contributed by atoms with van der Waals surface area (Å²) in [6.45, 7) is 6.76. The van der Waals surface area contributed by atoms with Crippen LogP contribution in [0.5, 0.6) is 5.75 Å². The van der Waals surface area contributed by atoms with E-state index in [-0.39, 0.29) is 23.6 Å². The Labute approximate surface area is 183 Å². The van der Waals surface area contributed by atoms with Crippen molar-refractivity contribution in [2.24, 2.45) is 0 Å². The molecular weight excluding hydrogens is 416 g/mol. The maximum atomic E-state index is 13.3. The number of aryl methyl sites for hydroxylation is 1.